The maximum atomic E-state index is 10.1. The summed E-state index contributed by atoms with van der Waals surface area (Å²) in [4.78, 5) is 4.04. The number of rotatable bonds is 3. The highest BCUT2D eigenvalue weighted by Crippen LogP contribution is 2.29. The maximum Gasteiger partial charge on any atom is 0.128 e. The van der Waals surface area contributed by atoms with Crippen molar-refractivity contribution >= 4 is 0 Å². The summed E-state index contributed by atoms with van der Waals surface area (Å²) in [6, 6.07) is 9.74. The van der Waals surface area contributed by atoms with Crippen molar-refractivity contribution in [2.45, 2.75) is 31.5 Å². The van der Waals surface area contributed by atoms with E-state index >= 15 is 0 Å². The lowest BCUT2D eigenvalue weighted by Crippen LogP contribution is -2.42. The van der Waals surface area contributed by atoms with Gasteiger partial charge in [0.15, 0.2) is 0 Å². The second-order valence-electron chi connectivity index (χ2n) is 4.75. The molecule has 0 saturated carbocycles. The second kappa shape index (κ2) is 5.13. The summed E-state index contributed by atoms with van der Waals surface area (Å²) in [7, 11) is 0. The van der Waals surface area contributed by atoms with Crippen LogP contribution in [0.4, 0.5) is 0 Å². The largest absolute Gasteiger partial charge is 0.388 e. The molecule has 1 aliphatic heterocycles. The summed E-state index contributed by atoms with van der Waals surface area (Å²) in [6.07, 6.45) is 1.01. The number of aliphatic hydroxyl groups excluding tert-OH is 2. The van der Waals surface area contributed by atoms with Gasteiger partial charge in [-0.25, -0.2) is 4.98 Å². The fourth-order valence-corrected chi connectivity index (χ4v) is 2.35. The van der Waals surface area contributed by atoms with E-state index in [1.807, 2.05) is 34.9 Å². The summed E-state index contributed by atoms with van der Waals surface area (Å²) < 4.78 is 7.58. The van der Waals surface area contributed by atoms with Crippen LogP contribution in [-0.4, -0.2) is 32.0 Å². The van der Waals surface area contributed by atoms with Crippen LogP contribution in [-0.2, 0) is 17.9 Å². The molecular weight excluding hydrogens is 244 g/mol. The first-order valence-electron chi connectivity index (χ1n) is 6.27. The van der Waals surface area contributed by atoms with E-state index in [9.17, 15) is 10.2 Å². The molecular formula is C14H16N2O3. The number of hydrogen-bond donors (Lipinski definition) is 2. The lowest BCUT2D eigenvalue weighted by molar-refractivity contribution is -0.117. The minimum Gasteiger partial charge on any atom is -0.388 e. The van der Waals surface area contributed by atoms with Gasteiger partial charge in [-0.05, 0) is 5.56 Å². The van der Waals surface area contributed by atoms with E-state index in [1.54, 1.807) is 12.5 Å². The maximum absolute atomic E-state index is 10.1. The standard InChI is InChI=1S/C14H16N2O3/c17-12-7-16-9-15-6-11(16)14(13(12)18)19-8-10-4-2-1-3-5-10/h1-6,9,12-14,17-18H,7-8H2/t12-,13-,14+/m0/s1. The monoisotopic (exact) mass is 260 g/mol. The Morgan fingerprint density at radius 3 is 2.84 bits per heavy atom. The molecule has 5 heteroatoms. The van der Waals surface area contributed by atoms with E-state index in [4.69, 9.17) is 4.74 Å². The Balaban J connectivity index is 1.77. The number of fused-ring (bicyclic) bond motifs is 1. The third kappa shape index (κ3) is 2.40. The Labute approximate surface area is 111 Å². The molecule has 5 nitrogen and oxygen atoms in total. The van der Waals surface area contributed by atoms with Gasteiger partial charge in [-0.3, -0.25) is 0 Å². The van der Waals surface area contributed by atoms with Gasteiger partial charge in [-0.15, -0.1) is 0 Å². The Morgan fingerprint density at radius 1 is 1.26 bits per heavy atom. The summed E-state index contributed by atoms with van der Waals surface area (Å²) in [5, 5.41) is 19.9. The highest BCUT2D eigenvalue weighted by atomic mass is 16.5. The van der Waals surface area contributed by atoms with Crippen LogP contribution >= 0.6 is 0 Å². The van der Waals surface area contributed by atoms with Crippen molar-refractivity contribution in [3.8, 4) is 0 Å². The predicted octanol–water partition coefficient (Wildman–Crippen LogP) is 0.876. The van der Waals surface area contributed by atoms with Gasteiger partial charge in [0.25, 0.3) is 0 Å². The molecule has 100 valence electrons. The number of ether oxygens (including phenoxy) is 1. The first kappa shape index (κ1) is 12.3. The number of aliphatic hydroxyl groups is 2. The highest BCUT2D eigenvalue weighted by Gasteiger charge is 2.35. The lowest BCUT2D eigenvalue weighted by atomic mass is 10.0. The molecule has 2 N–H and O–H groups in total. The van der Waals surface area contributed by atoms with Crippen LogP contribution < -0.4 is 0 Å². The molecule has 2 heterocycles. The highest BCUT2D eigenvalue weighted by molar-refractivity contribution is 5.15. The van der Waals surface area contributed by atoms with E-state index in [0.717, 1.165) is 11.3 Å². The van der Waals surface area contributed by atoms with Crippen LogP contribution in [0.3, 0.4) is 0 Å². The lowest BCUT2D eigenvalue weighted by Gasteiger charge is -2.32. The smallest absolute Gasteiger partial charge is 0.128 e. The van der Waals surface area contributed by atoms with Crippen LogP contribution in [0.1, 0.15) is 17.4 Å². The van der Waals surface area contributed by atoms with Crippen LogP contribution in [0, 0.1) is 0 Å². The number of benzene rings is 1. The zero-order chi connectivity index (χ0) is 13.2. The molecule has 0 saturated heterocycles. The fourth-order valence-electron chi connectivity index (χ4n) is 2.35. The fraction of sp³-hybridized carbons (Fsp3) is 0.357. The minimum atomic E-state index is -0.923. The normalized spacial score (nSPS) is 26.1. The van der Waals surface area contributed by atoms with Crippen molar-refractivity contribution in [1.29, 1.82) is 0 Å². The van der Waals surface area contributed by atoms with Crippen molar-refractivity contribution in [1.82, 2.24) is 9.55 Å². The molecule has 1 aromatic heterocycles. The van der Waals surface area contributed by atoms with E-state index in [1.165, 1.54) is 0 Å². The Hall–Kier alpha value is -1.69. The molecule has 19 heavy (non-hydrogen) atoms. The van der Waals surface area contributed by atoms with Gasteiger partial charge in [-0.2, -0.15) is 0 Å². The summed E-state index contributed by atoms with van der Waals surface area (Å²) in [5.41, 5.74) is 1.83. The molecule has 3 rings (SSSR count). The van der Waals surface area contributed by atoms with Gasteiger partial charge < -0.3 is 19.5 Å². The third-order valence-electron chi connectivity index (χ3n) is 3.40. The third-order valence-corrected chi connectivity index (χ3v) is 3.40. The summed E-state index contributed by atoms with van der Waals surface area (Å²) >= 11 is 0. The van der Waals surface area contributed by atoms with Gasteiger partial charge in [0.1, 0.15) is 18.3 Å². The van der Waals surface area contributed by atoms with Gasteiger partial charge in [0, 0.05) is 0 Å². The molecule has 3 atom stereocenters. The molecule has 0 radical (unpaired) electrons. The zero-order valence-corrected chi connectivity index (χ0v) is 10.4. The molecule has 0 fully saturated rings. The molecule has 0 bridgehead atoms. The van der Waals surface area contributed by atoms with Crippen LogP contribution in [0.25, 0.3) is 0 Å². The molecule has 0 spiro atoms. The van der Waals surface area contributed by atoms with E-state index < -0.39 is 18.3 Å². The Bertz CT molecular complexity index is 541. The van der Waals surface area contributed by atoms with Gasteiger partial charge >= 0.3 is 0 Å². The van der Waals surface area contributed by atoms with Crippen LogP contribution in [0.2, 0.25) is 0 Å². The molecule has 0 unspecified atom stereocenters. The molecule has 1 aromatic carbocycles. The van der Waals surface area contributed by atoms with E-state index in [2.05, 4.69) is 4.98 Å². The van der Waals surface area contributed by atoms with Gasteiger partial charge in [0.2, 0.25) is 0 Å². The van der Waals surface area contributed by atoms with Crippen LogP contribution in [0.5, 0.6) is 0 Å². The zero-order valence-electron chi connectivity index (χ0n) is 10.4. The minimum absolute atomic E-state index is 0.349. The van der Waals surface area contributed by atoms with Crippen molar-refractivity contribution in [2.75, 3.05) is 0 Å². The van der Waals surface area contributed by atoms with Crippen molar-refractivity contribution in [3.63, 3.8) is 0 Å². The van der Waals surface area contributed by atoms with E-state index in [-0.39, 0.29) is 0 Å². The Kier molecular flexibility index (Phi) is 3.33. The van der Waals surface area contributed by atoms with E-state index in [0.29, 0.717) is 13.2 Å². The van der Waals surface area contributed by atoms with Crippen LogP contribution in [0.15, 0.2) is 42.9 Å². The molecule has 1 aliphatic rings. The molecule has 2 aromatic rings. The van der Waals surface area contributed by atoms with Crippen molar-refractivity contribution in [2.24, 2.45) is 0 Å². The Morgan fingerprint density at radius 2 is 2.05 bits per heavy atom. The van der Waals surface area contributed by atoms with Gasteiger partial charge in [-0.1, -0.05) is 30.3 Å². The second-order valence-corrected chi connectivity index (χ2v) is 4.75. The topological polar surface area (TPSA) is 67.5 Å². The quantitative estimate of drug-likeness (QED) is 0.859. The number of hydrogen-bond acceptors (Lipinski definition) is 4. The molecule has 0 aliphatic carbocycles. The number of aromatic nitrogens is 2. The average Bonchev–Trinajstić information content (AvgIpc) is 2.88. The average molecular weight is 260 g/mol. The summed E-state index contributed by atoms with van der Waals surface area (Å²) in [6.45, 7) is 0.738. The molecule has 0 amide bonds. The first-order valence-corrected chi connectivity index (χ1v) is 6.27. The van der Waals surface area contributed by atoms with Crippen molar-refractivity contribution < 1.29 is 14.9 Å². The van der Waals surface area contributed by atoms with Crippen molar-refractivity contribution in [3.05, 3.63) is 54.1 Å². The SMILES string of the molecule is O[C@@H]1[C@H](OCc2ccccc2)c2cncn2C[C@@H]1O. The number of nitrogens with zero attached hydrogens (tertiary/aromatic N) is 2. The van der Waals surface area contributed by atoms with Gasteiger partial charge in [0.05, 0.1) is 31.4 Å². The first-order chi connectivity index (χ1) is 9.25. The predicted molar refractivity (Wildman–Crippen MR) is 68.2 cm³/mol. The summed E-state index contributed by atoms with van der Waals surface area (Å²) in [5.74, 6) is 0. The number of imidazole rings is 1.